The van der Waals surface area contributed by atoms with Crippen molar-refractivity contribution in [2.24, 2.45) is 5.84 Å². The SMILES string of the molecule is NNc1cnn(Cc2ccccc2Cl)c(=O)c1Cl. The number of hydrazine groups is 1. The van der Waals surface area contributed by atoms with Crippen LogP contribution in [0.3, 0.4) is 0 Å². The van der Waals surface area contributed by atoms with Gasteiger partial charge in [-0.1, -0.05) is 41.4 Å². The topological polar surface area (TPSA) is 72.9 Å². The van der Waals surface area contributed by atoms with Crippen LogP contribution < -0.4 is 16.8 Å². The molecule has 0 aliphatic heterocycles. The van der Waals surface area contributed by atoms with Crippen LogP contribution in [0.2, 0.25) is 10.0 Å². The average molecular weight is 285 g/mol. The molecule has 0 saturated heterocycles. The molecule has 0 radical (unpaired) electrons. The Morgan fingerprint density at radius 3 is 2.72 bits per heavy atom. The van der Waals surface area contributed by atoms with Crippen molar-refractivity contribution in [2.75, 3.05) is 5.43 Å². The molecule has 5 nitrogen and oxygen atoms in total. The maximum absolute atomic E-state index is 11.9. The molecule has 0 amide bonds. The summed E-state index contributed by atoms with van der Waals surface area (Å²) in [6, 6.07) is 7.22. The van der Waals surface area contributed by atoms with Crippen molar-refractivity contribution < 1.29 is 0 Å². The lowest BCUT2D eigenvalue weighted by Crippen LogP contribution is -2.25. The lowest BCUT2D eigenvalue weighted by Gasteiger charge is -2.08. The van der Waals surface area contributed by atoms with Crippen molar-refractivity contribution >= 4 is 28.9 Å². The van der Waals surface area contributed by atoms with E-state index >= 15 is 0 Å². The highest BCUT2D eigenvalue weighted by molar-refractivity contribution is 6.33. The first-order chi connectivity index (χ1) is 8.63. The normalized spacial score (nSPS) is 10.4. The van der Waals surface area contributed by atoms with Crippen molar-refractivity contribution in [1.29, 1.82) is 0 Å². The number of hydrogen-bond donors (Lipinski definition) is 2. The number of anilines is 1. The van der Waals surface area contributed by atoms with Gasteiger partial charge in [0.05, 0.1) is 18.4 Å². The molecule has 0 saturated carbocycles. The molecular formula is C11H10Cl2N4O. The Bertz CT molecular complexity index is 627. The molecule has 0 bridgehead atoms. The fraction of sp³-hybridized carbons (Fsp3) is 0.0909. The number of nitrogens with zero attached hydrogens (tertiary/aromatic N) is 2. The van der Waals surface area contributed by atoms with E-state index in [2.05, 4.69) is 10.5 Å². The van der Waals surface area contributed by atoms with E-state index in [1.54, 1.807) is 6.07 Å². The molecule has 0 atom stereocenters. The Hall–Kier alpha value is -1.56. The number of nitrogen functional groups attached to an aromatic ring is 1. The molecule has 1 aromatic heterocycles. The number of nitrogens with one attached hydrogen (secondary N) is 1. The highest BCUT2D eigenvalue weighted by atomic mass is 35.5. The van der Waals surface area contributed by atoms with Gasteiger partial charge in [0.25, 0.3) is 5.56 Å². The second kappa shape index (κ2) is 5.39. The molecule has 7 heteroatoms. The number of halogens is 2. The molecule has 0 spiro atoms. The minimum Gasteiger partial charge on any atom is -0.321 e. The van der Waals surface area contributed by atoms with Gasteiger partial charge < -0.3 is 5.43 Å². The summed E-state index contributed by atoms with van der Waals surface area (Å²) in [5, 5.41) is 4.54. The first-order valence-electron chi connectivity index (χ1n) is 5.09. The maximum atomic E-state index is 11.9. The van der Waals surface area contributed by atoms with Gasteiger partial charge in [0, 0.05) is 5.02 Å². The number of benzene rings is 1. The van der Waals surface area contributed by atoms with E-state index in [4.69, 9.17) is 29.0 Å². The minimum absolute atomic E-state index is 0.000413. The van der Waals surface area contributed by atoms with Crippen molar-refractivity contribution in [1.82, 2.24) is 9.78 Å². The molecule has 94 valence electrons. The van der Waals surface area contributed by atoms with E-state index in [-0.39, 0.29) is 17.3 Å². The quantitative estimate of drug-likeness (QED) is 0.667. The van der Waals surface area contributed by atoms with Crippen LogP contribution >= 0.6 is 23.2 Å². The predicted octanol–water partition coefficient (Wildman–Crippen LogP) is 1.88. The number of hydrogen-bond acceptors (Lipinski definition) is 4. The molecule has 0 aliphatic carbocycles. The monoisotopic (exact) mass is 284 g/mol. The Balaban J connectivity index is 2.40. The van der Waals surface area contributed by atoms with E-state index in [1.807, 2.05) is 18.2 Å². The summed E-state index contributed by atoms with van der Waals surface area (Å²) in [5.74, 6) is 5.20. The van der Waals surface area contributed by atoms with Crippen LogP contribution in [0.5, 0.6) is 0 Å². The van der Waals surface area contributed by atoms with Gasteiger partial charge in [0.1, 0.15) is 5.02 Å². The first kappa shape index (κ1) is 12.9. The van der Waals surface area contributed by atoms with Crippen molar-refractivity contribution in [3.8, 4) is 0 Å². The fourth-order valence-electron chi connectivity index (χ4n) is 1.47. The van der Waals surface area contributed by atoms with Gasteiger partial charge in [-0.25, -0.2) is 4.68 Å². The highest BCUT2D eigenvalue weighted by Crippen LogP contribution is 2.17. The molecule has 0 fully saturated rings. The van der Waals surface area contributed by atoms with Gasteiger partial charge in [-0.15, -0.1) is 0 Å². The third-order valence-electron chi connectivity index (χ3n) is 2.42. The second-order valence-corrected chi connectivity index (χ2v) is 4.36. The van der Waals surface area contributed by atoms with Crippen molar-refractivity contribution in [2.45, 2.75) is 6.54 Å². The Kier molecular flexibility index (Phi) is 3.86. The summed E-state index contributed by atoms with van der Waals surface area (Å²) in [6.45, 7) is 0.253. The molecule has 18 heavy (non-hydrogen) atoms. The second-order valence-electron chi connectivity index (χ2n) is 3.57. The van der Waals surface area contributed by atoms with Gasteiger partial charge in [-0.3, -0.25) is 10.6 Å². The summed E-state index contributed by atoms with van der Waals surface area (Å²) in [5.41, 5.74) is 2.96. The molecular weight excluding hydrogens is 275 g/mol. The van der Waals surface area contributed by atoms with Gasteiger partial charge >= 0.3 is 0 Å². The van der Waals surface area contributed by atoms with Crippen LogP contribution in [-0.4, -0.2) is 9.78 Å². The molecule has 0 aliphatic rings. The molecule has 3 N–H and O–H groups in total. The lowest BCUT2D eigenvalue weighted by atomic mass is 10.2. The van der Waals surface area contributed by atoms with Gasteiger partial charge in [-0.2, -0.15) is 5.10 Å². The van der Waals surface area contributed by atoms with Crippen LogP contribution in [0.25, 0.3) is 0 Å². The Morgan fingerprint density at radius 2 is 2.06 bits per heavy atom. The van der Waals surface area contributed by atoms with Gasteiger partial charge in [-0.05, 0) is 11.6 Å². The fourth-order valence-corrected chi connectivity index (χ4v) is 1.86. The van der Waals surface area contributed by atoms with Crippen LogP contribution in [-0.2, 0) is 6.54 Å². The molecule has 1 heterocycles. The lowest BCUT2D eigenvalue weighted by molar-refractivity contribution is 0.640. The van der Waals surface area contributed by atoms with E-state index in [1.165, 1.54) is 10.9 Å². The average Bonchev–Trinajstić information content (AvgIpc) is 2.38. The van der Waals surface area contributed by atoms with Crippen LogP contribution in [0.4, 0.5) is 5.69 Å². The van der Waals surface area contributed by atoms with Crippen molar-refractivity contribution in [3.05, 3.63) is 56.4 Å². The zero-order valence-electron chi connectivity index (χ0n) is 9.23. The molecule has 1 aromatic carbocycles. The first-order valence-corrected chi connectivity index (χ1v) is 5.84. The molecule has 2 aromatic rings. The highest BCUT2D eigenvalue weighted by Gasteiger charge is 2.09. The minimum atomic E-state index is -0.424. The van der Waals surface area contributed by atoms with Crippen molar-refractivity contribution in [3.63, 3.8) is 0 Å². The zero-order chi connectivity index (χ0) is 13.1. The number of aromatic nitrogens is 2. The maximum Gasteiger partial charge on any atom is 0.288 e. The standard InChI is InChI=1S/C11H10Cl2N4O/c12-8-4-2-1-3-7(8)6-17-11(18)10(13)9(16-14)5-15-17/h1-5,16H,6,14H2. The molecule has 0 unspecified atom stereocenters. The van der Waals surface area contributed by atoms with Crippen LogP contribution in [0.1, 0.15) is 5.56 Å². The Morgan fingerprint density at radius 1 is 1.33 bits per heavy atom. The van der Waals surface area contributed by atoms with E-state index in [0.29, 0.717) is 5.02 Å². The predicted molar refractivity (Wildman–Crippen MR) is 71.9 cm³/mol. The largest absolute Gasteiger partial charge is 0.321 e. The summed E-state index contributed by atoms with van der Waals surface area (Å²) in [7, 11) is 0. The number of rotatable bonds is 3. The van der Waals surface area contributed by atoms with E-state index in [9.17, 15) is 4.79 Å². The van der Waals surface area contributed by atoms with Crippen LogP contribution in [0.15, 0.2) is 35.3 Å². The van der Waals surface area contributed by atoms with E-state index in [0.717, 1.165) is 5.56 Å². The van der Waals surface area contributed by atoms with Gasteiger partial charge in [0.2, 0.25) is 0 Å². The third-order valence-corrected chi connectivity index (χ3v) is 3.15. The summed E-state index contributed by atoms with van der Waals surface area (Å²) in [4.78, 5) is 11.9. The summed E-state index contributed by atoms with van der Waals surface area (Å²) >= 11 is 11.9. The third kappa shape index (κ3) is 2.48. The van der Waals surface area contributed by atoms with Gasteiger partial charge in [0.15, 0.2) is 0 Å². The summed E-state index contributed by atoms with van der Waals surface area (Å²) in [6.07, 6.45) is 1.39. The number of nitrogens with two attached hydrogens (primary N) is 1. The smallest absolute Gasteiger partial charge is 0.288 e. The molecule has 2 rings (SSSR count). The van der Waals surface area contributed by atoms with Crippen LogP contribution in [0, 0.1) is 0 Å². The zero-order valence-corrected chi connectivity index (χ0v) is 10.7. The Labute approximate surface area is 113 Å². The summed E-state index contributed by atoms with van der Waals surface area (Å²) < 4.78 is 1.23. The van der Waals surface area contributed by atoms with E-state index < -0.39 is 5.56 Å².